The number of epoxide rings is 1. The highest BCUT2D eigenvalue weighted by molar-refractivity contribution is 5.87. The molecule has 1 aromatic rings. The van der Waals surface area contributed by atoms with Crippen molar-refractivity contribution in [3.8, 4) is 0 Å². The minimum atomic E-state index is -1.22. The predicted molar refractivity (Wildman–Crippen MR) is 104 cm³/mol. The molecule has 2 saturated carbocycles. The fraction of sp³-hybridized carbons (Fsp3) is 0.696. The lowest BCUT2D eigenvalue weighted by molar-refractivity contribution is -0.210. The van der Waals surface area contributed by atoms with Gasteiger partial charge in [0.1, 0.15) is 12.2 Å². The number of carbonyl (C=O) groups excluding carboxylic acids is 3. The number of fused-ring (bicyclic) bond motifs is 4. The van der Waals surface area contributed by atoms with Gasteiger partial charge in [0.2, 0.25) is 5.60 Å². The van der Waals surface area contributed by atoms with Gasteiger partial charge < -0.3 is 23.4 Å². The van der Waals surface area contributed by atoms with E-state index in [0.717, 1.165) is 5.56 Å². The number of cyclic esters (lactones) is 1. The molecule has 0 unspecified atom stereocenters. The number of carbonyl (C=O) groups is 3. The van der Waals surface area contributed by atoms with Crippen LogP contribution in [0.4, 0.5) is 0 Å². The van der Waals surface area contributed by atoms with E-state index >= 15 is 0 Å². The van der Waals surface area contributed by atoms with Gasteiger partial charge in [-0.15, -0.1) is 0 Å². The molecule has 2 aliphatic carbocycles. The van der Waals surface area contributed by atoms with E-state index in [-0.39, 0.29) is 23.9 Å². The Morgan fingerprint density at radius 1 is 1.26 bits per heavy atom. The molecule has 8 heteroatoms. The zero-order valence-corrected chi connectivity index (χ0v) is 18.2. The molecule has 0 N–H and O–H groups in total. The average Bonchev–Trinajstić information content (AvgIpc) is 3.07. The van der Waals surface area contributed by atoms with Crippen LogP contribution in [0.2, 0.25) is 0 Å². The number of hydrogen-bond acceptors (Lipinski definition) is 8. The van der Waals surface area contributed by atoms with Gasteiger partial charge in [0, 0.05) is 18.9 Å². The number of methoxy groups -OCH3 is 1. The van der Waals surface area contributed by atoms with Crippen molar-refractivity contribution in [3.05, 3.63) is 24.2 Å². The Bertz CT molecular complexity index is 924. The summed E-state index contributed by atoms with van der Waals surface area (Å²) in [6, 6.07) is 1.81. The Labute approximate surface area is 180 Å². The van der Waals surface area contributed by atoms with E-state index in [1.54, 1.807) is 12.5 Å². The summed E-state index contributed by atoms with van der Waals surface area (Å²) in [5.41, 5.74) is -2.12. The van der Waals surface area contributed by atoms with Gasteiger partial charge in [0.05, 0.1) is 36.6 Å². The van der Waals surface area contributed by atoms with Crippen LogP contribution < -0.4 is 0 Å². The first kappa shape index (κ1) is 20.5. The lowest BCUT2D eigenvalue weighted by Gasteiger charge is -2.59. The normalized spacial score (nSPS) is 45.4. The fourth-order valence-corrected chi connectivity index (χ4v) is 7.10. The maximum atomic E-state index is 13.5. The van der Waals surface area contributed by atoms with E-state index in [9.17, 15) is 14.4 Å². The highest BCUT2D eigenvalue weighted by Crippen LogP contribution is 2.73. The molecule has 0 amide bonds. The first-order valence-electron chi connectivity index (χ1n) is 10.9. The van der Waals surface area contributed by atoms with Crippen LogP contribution in [-0.2, 0) is 33.3 Å². The second kappa shape index (κ2) is 6.58. The Balaban J connectivity index is 1.62. The van der Waals surface area contributed by atoms with Gasteiger partial charge in [-0.25, -0.2) is 4.79 Å². The maximum Gasteiger partial charge on any atom is 0.341 e. The molecule has 4 fully saturated rings. The van der Waals surface area contributed by atoms with Crippen molar-refractivity contribution < 1.29 is 37.7 Å². The first-order chi connectivity index (χ1) is 14.7. The summed E-state index contributed by atoms with van der Waals surface area (Å²) in [4.78, 5) is 38.6. The topological polar surface area (TPSA) is 105 Å². The van der Waals surface area contributed by atoms with Crippen molar-refractivity contribution in [2.75, 3.05) is 7.11 Å². The van der Waals surface area contributed by atoms with Crippen molar-refractivity contribution in [1.82, 2.24) is 0 Å². The molecule has 2 saturated heterocycles. The summed E-state index contributed by atoms with van der Waals surface area (Å²) < 4.78 is 28.1. The third kappa shape index (κ3) is 2.42. The molecule has 3 heterocycles. The number of ether oxygens (including phenoxy) is 4. The Hall–Kier alpha value is -2.35. The Kier molecular flexibility index (Phi) is 4.36. The van der Waals surface area contributed by atoms with Gasteiger partial charge in [-0.1, -0.05) is 13.8 Å². The number of esters is 3. The van der Waals surface area contributed by atoms with E-state index in [0.29, 0.717) is 25.7 Å². The van der Waals surface area contributed by atoms with E-state index in [1.807, 2.05) is 19.9 Å². The number of rotatable bonds is 3. The standard InChI is InChI=1S/C23H28O8/c1-12-9-18(29-13(2)24)21(3)16(5-6-17-23(21,31-17)20(26)27-4)22(12)10-15(30-19(22)25)14-7-8-28-11-14/h7-8,11-12,15-18H,5-6,9-10H2,1-4H3/t12-,15+,16+,17-,18+,21+,22-,23+/m1/s1. The van der Waals surface area contributed by atoms with Crippen LogP contribution >= 0.6 is 0 Å². The van der Waals surface area contributed by atoms with Crippen LogP contribution in [0.3, 0.4) is 0 Å². The predicted octanol–water partition coefficient (Wildman–Crippen LogP) is 2.95. The van der Waals surface area contributed by atoms with Gasteiger partial charge in [0.15, 0.2) is 0 Å². The molecule has 2 aliphatic heterocycles. The smallest absolute Gasteiger partial charge is 0.341 e. The SMILES string of the molecule is COC(=O)[C@@]12O[C@@H]1CC[C@@H]1[C@@]3(C[C@@H](c4ccoc4)OC3=O)[C@H](C)C[C@H](OC(C)=O)[C@]12C. The lowest BCUT2D eigenvalue weighted by atomic mass is 9.43. The van der Waals surface area contributed by atoms with Gasteiger partial charge in [-0.05, 0) is 37.2 Å². The summed E-state index contributed by atoms with van der Waals surface area (Å²) in [6.07, 6.45) is 4.13. The summed E-state index contributed by atoms with van der Waals surface area (Å²) in [7, 11) is 1.34. The van der Waals surface area contributed by atoms with Crippen molar-refractivity contribution in [1.29, 1.82) is 0 Å². The third-order valence-corrected chi connectivity index (χ3v) is 8.57. The molecule has 1 aromatic heterocycles. The second-order valence-corrected chi connectivity index (χ2v) is 9.68. The van der Waals surface area contributed by atoms with Crippen molar-refractivity contribution in [3.63, 3.8) is 0 Å². The molecule has 0 aromatic carbocycles. The highest BCUT2D eigenvalue weighted by Gasteiger charge is 2.84. The summed E-state index contributed by atoms with van der Waals surface area (Å²) in [5.74, 6) is -1.52. The van der Waals surface area contributed by atoms with E-state index in [2.05, 4.69) is 0 Å². The molecule has 1 spiro atoms. The molecule has 8 atom stereocenters. The van der Waals surface area contributed by atoms with Crippen LogP contribution in [-0.4, -0.2) is 42.8 Å². The largest absolute Gasteiger partial charge is 0.472 e. The van der Waals surface area contributed by atoms with E-state index < -0.39 is 40.6 Å². The number of hydrogen-bond donors (Lipinski definition) is 0. The molecule has 0 bridgehead atoms. The monoisotopic (exact) mass is 432 g/mol. The van der Waals surface area contributed by atoms with Crippen molar-refractivity contribution in [2.24, 2.45) is 22.7 Å². The molecular weight excluding hydrogens is 404 g/mol. The first-order valence-corrected chi connectivity index (χ1v) is 10.9. The Morgan fingerprint density at radius 3 is 2.68 bits per heavy atom. The Morgan fingerprint density at radius 2 is 2.03 bits per heavy atom. The van der Waals surface area contributed by atoms with Gasteiger partial charge >= 0.3 is 17.9 Å². The molecule has 31 heavy (non-hydrogen) atoms. The van der Waals surface area contributed by atoms with Gasteiger partial charge in [-0.2, -0.15) is 0 Å². The summed E-state index contributed by atoms with van der Waals surface area (Å²) in [5, 5.41) is 0. The summed E-state index contributed by atoms with van der Waals surface area (Å²) in [6.45, 7) is 5.30. The van der Waals surface area contributed by atoms with Gasteiger partial charge in [0.25, 0.3) is 0 Å². The van der Waals surface area contributed by atoms with E-state index in [4.69, 9.17) is 23.4 Å². The van der Waals surface area contributed by atoms with Gasteiger partial charge in [-0.3, -0.25) is 9.59 Å². The molecular formula is C23H28O8. The molecule has 8 nitrogen and oxygen atoms in total. The van der Waals surface area contributed by atoms with Crippen LogP contribution in [0.25, 0.3) is 0 Å². The molecule has 5 rings (SSSR count). The van der Waals surface area contributed by atoms with Crippen LogP contribution in [0.15, 0.2) is 23.0 Å². The quantitative estimate of drug-likeness (QED) is 0.408. The zero-order valence-electron chi connectivity index (χ0n) is 18.2. The number of furan rings is 1. The second-order valence-electron chi connectivity index (χ2n) is 9.68. The molecule has 0 radical (unpaired) electrons. The molecule has 168 valence electrons. The maximum absolute atomic E-state index is 13.5. The van der Waals surface area contributed by atoms with Crippen LogP contribution in [0.5, 0.6) is 0 Å². The van der Waals surface area contributed by atoms with E-state index in [1.165, 1.54) is 14.0 Å². The van der Waals surface area contributed by atoms with Crippen LogP contribution in [0.1, 0.15) is 58.1 Å². The summed E-state index contributed by atoms with van der Waals surface area (Å²) >= 11 is 0. The minimum absolute atomic E-state index is 0.107. The lowest BCUT2D eigenvalue weighted by Crippen LogP contribution is -2.67. The van der Waals surface area contributed by atoms with Crippen molar-refractivity contribution in [2.45, 2.75) is 70.4 Å². The van der Waals surface area contributed by atoms with Crippen molar-refractivity contribution >= 4 is 17.9 Å². The highest BCUT2D eigenvalue weighted by atomic mass is 16.7. The third-order valence-electron chi connectivity index (χ3n) is 8.57. The van der Waals surface area contributed by atoms with Crippen LogP contribution in [0, 0.1) is 22.7 Å². The molecule has 4 aliphatic rings. The zero-order chi connectivity index (χ0) is 22.2. The minimum Gasteiger partial charge on any atom is -0.472 e. The fourth-order valence-electron chi connectivity index (χ4n) is 7.10. The average molecular weight is 432 g/mol.